The molecule has 21 heavy (non-hydrogen) atoms. The van der Waals surface area contributed by atoms with Crippen LogP contribution in [-0.2, 0) is 4.79 Å². The van der Waals surface area contributed by atoms with Crippen LogP contribution < -0.4 is 5.32 Å². The summed E-state index contributed by atoms with van der Waals surface area (Å²) in [5.41, 5.74) is 3.13. The largest absolute Gasteiger partial charge is 0.480 e. The third-order valence-electron chi connectivity index (χ3n) is 3.48. The van der Waals surface area contributed by atoms with Gasteiger partial charge in [0.15, 0.2) is 0 Å². The highest BCUT2D eigenvalue weighted by molar-refractivity contribution is 5.77. The first kappa shape index (κ1) is 15.1. The van der Waals surface area contributed by atoms with Crippen LogP contribution in [0.3, 0.4) is 0 Å². The van der Waals surface area contributed by atoms with Crippen LogP contribution in [0.25, 0.3) is 11.1 Å². The quantitative estimate of drug-likeness (QED) is 0.791. The van der Waals surface area contributed by atoms with Gasteiger partial charge < -0.3 is 10.4 Å². The summed E-state index contributed by atoms with van der Waals surface area (Å²) in [6, 6.07) is 17.5. The van der Waals surface area contributed by atoms with Crippen LogP contribution >= 0.6 is 0 Å². The molecule has 0 radical (unpaired) electrons. The Morgan fingerprint density at radius 2 is 1.67 bits per heavy atom. The zero-order valence-corrected chi connectivity index (χ0v) is 12.3. The first-order valence-corrected chi connectivity index (χ1v) is 7.35. The van der Waals surface area contributed by atoms with Gasteiger partial charge in [-0.1, -0.05) is 62.2 Å². The van der Waals surface area contributed by atoms with Crippen molar-refractivity contribution >= 4 is 11.7 Å². The fourth-order valence-corrected chi connectivity index (χ4v) is 2.26. The number of nitrogens with one attached hydrogen (secondary N) is 1. The van der Waals surface area contributed by atoms with E-state index in [1.165, 1.54) is 0 Å². The summed E-state index contributed by atoms with van der Waals surface area (Å²) in [6.45, 7) is 2.06. The van der Waals surface area contributed by atoms with Crippen LogP contribution in [0.15, 0.2) is 54.6 Å². The summed E-state index contributed by atoms with van der Waals surface area (Å²) in [4.78, 5) is 11.2. The van der Waals surface area contributed by atoms with Gasteiger partial charge in [0.05, 0.1) is 0 Å². The van der Waals surface area contributed by atoms with E-state index in [9.17, 15) is 9.90 Å². The van der Waals surface area contributed by atoms with E-state index in [0.717, 1.165) is 29.7 Å². The first-order chi connectivity index (χ1) is 10.2. The van der Waals surface area contributed by atoms with E-state index in [2.05, 4.69) is 24.4 Å². The summed E-state index contributed by atoms with van der Waals surface area (Å²) in [6.07, 6.45) is 2.55. The molecule has 2 N–H and O–H groups in total. The summed E-state index contributed by atoms with van der Waals surface area (Å²) < 4.78 is 0. The topological polar surface area (TPSA) is 49.3 Å². The third kappa shape index (κ3) is 4.35. The molecule has 0 heterocycles. The Labute approximate surface area is 125 Å². The molecule has 3 heteroatoms. The Balaban J connectivity index is 2.06. The lowest BCUT2D eigenvalue weighted by molar-refractivity contribution is -0.138. The lowest BCUT2D eigenvalue weighted by Gasteiger charge is -2.15. The summed E-state index contributed by atoms with van der Waals surface area (Å²) in [5.74, 6) is -0.796. The molecule has 1 atom stereocenters. The summed E-state index contributed by atoms with van der Waals surface area (Å²) in [7, 11) is 0. The zero-order valence-electron chi connectivity index (χ0n) is 12.3. The molecule has 0 aliphatic rings. The molecule has 0 spiro atoms. The second kappa shape index (κ2) is 7.48. The van der Waals surface area contributed by atoms with Gasteiger partial charge in [-0.2, -0.15) is 0 Å². The number of anilines is 1. The van der Waals surface area contributed by atoms with Crippen molar-refractivity contribution in [1.82, 2.24) is 0 Å². The molecule has 3 nitrogen and oxygen atoms in total. The number of benzene rings is 2. The van der Waals surface area contributed by atoms with E-state index in [1.807, 2.05) is 42.5 Å². The van der Waals surface area contributed by atoms with Crippen molar-refractivity contribution in [2.75, 3.05) is 5.32 Å². The van der Waals surface area contributed by atoms with Gasteiger partial charge in [-0.05, 0) is 29.7 Å². The molecule has 110 valence electrons. The van der Waals surface area contributed by atoms with Crippen LogP contribution in [0.2, 0.25) is 0 Å². The molecule has 0 aliphatic heterocycles. The lowest BCUT2D eigenvalue weighted by Crippen LogP contribution is -2.29. The highest BCUT2D eigenvalue weighted by Crippen LogP contribution is 2.21. The predicted molar refractivity (Wildman–Crippen MR) is 86.4 cm³/mol. The van der Waals surface area contributed by atoms with Crippen molar-refractivity contribution in [2.24, 2.45) is 0 Å². The zero-order chi connectivity index (χ0) is 15.1. The Kier molecular flexibility index (Phi) is 5.38. The third-order valence-corrected chi connectivity index (χ3v) is 3.48. The van der Waals surface area contributed by atoms with E-state index in [1.54, 1.807) is 0 Å². The number of hydrogen-bond acceptors (Lipinski definition) is 2. The smallest absolute Gasteiger partial charge is 0.326 e. The molecule has 0 aromatic heterocycles. The Morgan fingerprint density at radius 1 is 1.05 bits per heavy atom. The molecule has 2 aromatic carbocycles. The number of hydrogen-bond donors (Lipinski definition) is 2. The predicted octanol–water partition coefficient (Wildman–Crippen LogP) is 4.41. The normalized spacial score (nSPS) is 11.9. The fourth-order valence-electron chi connectivity index (χ4n) is 2.26. The molecule has 0 bridgehead atoms. The van der Waals surface area contributed by atoms with Gasteiger partial charge in [-0.3, -0.25) is 0 Å². The van der Waals surface area contributed by atoms with Crippen LogP contribution in [-0.4, -0.2) is 17.1 Å². The fraction of sp³-hybridized carbons (Fsp3) is 0.278. The minimum Gasteiger partial charge on any atom is -0.480 e. The number of carboxylic acids is 1. The highest BCUT2D eigenvalue weighted by Gasteiger charge is 2.16. The molecular formula is C18H21NO2. The van der Waals surface area contributed by atoms with Gasteiger partial charge in [0.2, 0.25) is 0 Å². The highest BCUT2D eigenvalue weighted by atomic mass is 16.4. The van der Waals surface area contributed by atoms with Crippen LogP contribution in [0.5, 0.6) is 0 Å². The second-order valence-electron chi connectivity index (χ2n) is 5.12. The molecule has 0 aliphatic carbocycles. The van der Waals surface area contributed by atoms with Crippen molar-refractivity contribution in [2.45, 2.75) is 32.2 Å². The lowest BCUT2D eigenvalue weighted by atomic mass is 10.0. The van der Waals surface area contributed by atoms with Gasteiger partial charge >= 0.3 is 5.97 Å². The Hall–Kier alpha value is -2.29. The van der Waals surface area contributed by atoms with E-state index in [4.69, 9.17) is 0 Å². The van der Waals surface area contributed by atoms with Gasteiger partial charge in [0, 0.05) is 5.69 Å². The molecule has 0 saturated carbocycles. The molecule has 2 aromatic rings. The van der Waals surface area contributed by atoms with Crippen LogP contribution in [0, 0.1) is 0 Å². The van der Waals surface area contributed by atoms with E-state index < -0.39 is 12.0 Å². The van der Waals surface area contributed by atoms with E-state index in [-0.39, 0.29) is 0 Å². The second-order valence-corrected chi connectivity index (χ2v) is 5.12. The average Bonchev–Trinajstić information content (AvgIpc) is 2.52. The van der Waals surface area contributed by atoms with Gasteiger partial charge in [0.25, 0.3) is 0 Å². The van der Waals surface area contributed by atoms with Crippen molar-refractivity contribution in [3.63, 3.8) is 0 Å². The monoisotopic (exact) mass is 283 g/mol. The van der Waals surface area contributed by atoms with Gasteiger partial charge in [-0.15, -0.1) is 0 Å². The Bertz CT molecular complexity index is 564. The van der Waals surface area contributed by atoms with E-state index in [0.29, 0.717) is 6.42 Å². The molecule has 0 amide bonds. The van der Waals surface area contributed by atoms with Gasteiger partial charge in [0.1, 0.15) is 6.04 Å². The van der Waals surface area contributed by atoms with Crippen LogP contribution in [0.4, 0.5) is 5.69 Å². The minimum atomic E-state index is -0.796. The SMILES string of the molecule is CCCCC(Nc1ccc(-c2ccccc2)cc1)C(=O)O. The standard InChI is InChI=1S/C18H21NO2/c1-2-3-9-17(18(20)21)19-16-12-10-15(11-13-16)14-7-5-4-6-8-14/h4-8,10-13,17,19H,2-3,9H2,1H3,(H,20,21). The van der Waals surface area contributed by atoms with E-state index >= 15 is 0 Å². The number of carbonyl (C=O) groups is 1. The van der Waals surface area contributed by atoms with Crippen molar-refractivity contribution in [3.8, 4) is 11.1 Å². The minimum absolute atomic E-state index is 0.521. The number of carboxylic acid groups (broad SMARTS) is 1. The maximum Gasteiger partial charge on any atom is 0.326 e. The number of aliphatic carboxylic acids is 1. The van der Waals surface area contributed by atoms with Gasteiger partial charge in [-0.25, -0.2) is 4.79 Å². The maximum absolute atomic E-state index is 11.2. The molecule has 1 unspecified atom stereocenters. The van der Waals surface area contributed by atoms with Crippen LogP contribution in [0.1, 0.15) is 26.2 Å². The molecule has 0 fully saturated rings. The molecule has 0 saturated heterocycles. The number of unbranched alkanes of at least 4 members (excludes halogenated alkanes) is 1. The maximum atomic E-state index is 11.2. The number of rotatable bonds is 7. The van der Waals surface area contributed by atoms with Crippen molar-refractivity contribution < 1.29 is 9.90 Å². The molecule has 2 rings (SSSR count). The average molecular weight is 283 g/mol. The Morgan fingerprint density at radius 3 is 2.24 bits per heavy atom. The summed E-state index contributed by atoms with van der Waals surface area (Å²) >= 11 is 0. The summed E-state index contributed by atoms with van der Waals surface area (Å²) in [5, 5.41) is 12.3. The van der Waals surface area contributed by atoms with Crippen molar-refractivity contribution in [1.29, 1.82) is 0 Å². The van der Waals surface area contributed by atoms with Crippen molar-refractivity contribution in [3.05, 3.63) is 54.6 Å². The molecular weight excluding hydrogens is 262 g/mol. The first-order valence-electron chi connectivity index (χ1n) is 7.35.